The molecule has 2 heterocycles. The fourth-order valence-corrected chi connectivity index (χ4v) is 4.02. The van der Waals surface area contributed by atoms with E-state index in [1.165, 1.54) is 11.1 Å². The maximum Gasteiger partial charge on any atom is 0.263 e. The van der Waals surface area contributed by atoms with E-state index in [1.54, 1.807) is 6.92 Å². The second-order valence-corrected chi connectivity index (χ2v) is 8.56. The van der Waals surface area contributed by atoms with Gasteiger partial charge in [-0.1, -0.05) is 18.2 Å². The van der Waals surface area contributed by atoms with Gasteiger partial charge in [0, 0.05) is 37.8 Å². The van der Waals surface area contributed by atoms with Gasteiger partial charge in [0.15, 0.2) is 11.9 Å². The molecule has 178 valence electrons. The summed E-state index contributed by atoms with van der Waals surface area (Å²) in [6, 6.07) is 17.7. The molecule has 1 unspecified atom stereocenters. The van der Waals surface area contributed by atoms with Crippen LogP contribution in [0.1, 0.15) is 25.0 Å². The van der Waals surface area contributed by atoms with Crippen LogP contribution < -0.4 is 14.4 Å². The number of ether oxygens (including phenoxy) is 2. The van der Waals surface area contributed by atoms with Gasteiger partial charge < -0.3 is 19.3 Å². The molecular formula is C27H32N4O3. The number of hydrogen-bond donors (Lipinski definition) is 0. The third kappa shape index (κ3) is 5.47. The van der Waals surface area contributed by atoms with Gasteiger partial charge in [-0.15, -0.1) is 10.2 Å². The van der Waals surface area contributed by atoms with Crippen LogP contribution in [0.5, 0.6) is 11.5 Å². The monoisotopic (exact) mass is 460 g/mol. The van der Waals surface area contributed by atoms with Crippen LogP contribution in [-0.4, -0.2) is 59.9 Å². The number of hydrogen-bond acceptors (Lipinski definition) is 6. The van der Waals surface area contributed by atoms with Crippen molar-refractivity contribution in [3.8, 4) is 22.8 Å². The van der Waals surface area contributed by atoms with Gasteiger partial charge in [0.2, 0.25) is 0 Å². The Hall–Kier alpha value is -3.61. The number of piperazine rings is 1. The van der Waals surface area contributed by atoms with E-state index in [0.29, 0.717) is 38.5 Å². The van der Waals surface area contributed by atoms with E-state index in [9.17, 15) is 4.79 Å². The van der Waals surface area contributed by atoms with Crippen molar-refractivity contribution < 1.29 is 14.3 Å². The highest BCUT2D eigenvalue weighted by Crippen LogP contribution is 2.23. The fraction of sp³-hybridized carbons (Fsp3) is 0.370. The van der Waals surface area contributed by atoms with Gasteiger partial charge in [-0.25, -0.2) is 0 Å². The zero-order valence-electron chi connectivity index (χ0n) is 20.3. The first-order valence-electron chi connectivity index (χ1n) is 11.8. The molecule has 1 aliphatic rings. The minimum Gasteiger partial charge on any atom is -0.494 e. The van der Waals surface area contributed by atoms with Gasteiger partial charge in [0.05, 0.1) is 12.3 Å². The number of carbonyl (C=O) groups is 1. The third-order valence-electron chi connectivity index (χ3n) is 6.15. The van der Waals surface area contributed by atoms with Crippen molar-refractivity contribution in [2.45, 2.75) is 33.8 Å². The minimum atomic E-state index is -0.569. The molecule has 1 atom stereocenters. The zero-order valence-corrected chi connectivity index (χ0v) is 20.3. The SMILES string of the molecule is CCOc1cccc(OC(C)C(=O)N2CCN(c3ccc(-c4ccc(C)c(C)c4)nn3)CC2)c1. The maximum atomic E-state index is 12.9. The van der Waals surface area contributed by atoms with E-state index in [-0.39, 0.29) is 5.91 Å². The summed E-state index contributed by atoms with van der Waals surface area (Å²) in [5.41, 5.74) is 4.43. The lowest BCUT2D eigenvalue weighted by atomic mass is 10.0. The van der Waals surface area contributed by atoms with Gasteiger partial charge in [-0.3, -0.25) is 4.79 Å². The molecule has 7 nitrogen and oxygen atoms in total. The zero-order chi connectivity index (χ0) is 24.1. The molecule has 0 radical (unpaired) electrons. The second kappa shape index (κ2) is 10.5. The summed E-state index contributed by atoms with van der Waals surface area (Å²) in [4.78, 5) is 16.9. The van der Waals surface area contributed by atoms with Crippen LogP contribution in [0.25, 0.3) is 11.3 Å². The number of rotatable bonds is 7. The summed E-state index contributed by atoms with van der Waals surface area (Å²) in [5.74, 6) is 2.18. The van der Waals surface area contributed by atoms with Crippen LogP contribution >= 0.6 is 0 Å². The molecule has 0 bridgehead atoms. The van der Waals surface area contributed by atoms with Crippen LogP contribution in [0.15, 0.2) is 54.6 Å². The molecule has 34 heavy (non-hydrogen) atoms. The number of carbonyl (C=O) groups excluding carboxylic acids is 1. The maximum absolute atomic E-state index is 12.9. The lowest BCUT2D eigenvalue weighted by Gasteiger charge is -2.36. The minimum absolute atomic E-state index is 0.0161. The molecule has 7 heteroatoms. The van der Waals surface area contributed by atoms with Gasteiger partial charge in [-0.2, -0.15) is 0 Å². The predicted molar refractivity (Wildman–Crippen MR) is 133 cm³/mol. The van der Waals surface area contributed by atoms with E-state index >= 15 is 0 Å². The number of amides is 1. The summed E-state index contributed by atoms with van der Waals surface area (Å²) in [6.07, 6.45) is -0.569. The molecule has 1 aliphatic heterocycles. The Bertz CT molecular complexity index is 1120. The molecule has 1 aromatic heterocycles. The predicted octanol–water partition coefficient (Wildman–Crippen LogP) is 4.28. The lowest BCUT2D eigenvalue weighted by molar-refractivity contribution is -0.138. The highest BCUT2D eigenvalue weighted by Gasteiger charge is 2.26. The average Bonchev–Trinajstić information content (AvgIpc) is 2.86. The summed E-state index contributed by atoms with van der Waals surface area (Å²) >= 11 is 0. The Kier molecular flexibility index (Phi) is 7.30. The van der Waals surface area contributed by atoms with Gasteiger partial charge in [0.1, 0.15) is 11.5 Å². The Balaban J connectivity index is 1.32. The average molecular weight is 461 g/mol. The van der Waals surface area contributed by atoms with Crippen LogP contribution in [-0.2, 0) is 4.79 Å². The van der Waals surface area contributed by atoms with Crippen LogP contribution in [0, 0.1) is 13.8 Å². The Morgan fingerprint density at radius 2 is 1.71 bits per heavy atom. The molecule has 0 spiro atoms. The van der Waals surface area contributed by atoms with Crippen molar-refractivity contribution in [2.75, 3.05) is 37.7 Å². The lowest BCUT2D eigenvalue weighted by Crippen LogP contribution is -2.52. The molecule has 1 amide bonds. The van der Waals surface area contributed by atoms with Crippen molar-refractivity contribution in [1.82, 2.24) is 15.1 Å². The molecule has 0 aliphatic carbocycles. The summed E-state index contributed by atoms with van der Waals surface area (Å²) < 4.78 is 11.4. The number of aromatic nitrogens is 2. The highest BCUT2D eigenvalue weighted by molar-refractivity contribution is 5.81. The van der Waals surface area contributed by atoms with Crippen molar-refractivity contribution in [3.63, 3.8) is 0 Å². The largest absolute Gasteiger partial charge is 0.494 e. The topological polar surface area (TPSA) is 67.8 Å². The van der Waals surface area contributed by atoms with Crippen LogP contribution in [0.3, 0.4) is 0 Å². The molecule has 1 fully saturated rings. The van der Waals surface area contributed by atoms with E-state index in [1.807, 2.05) is 48.2 Å². The van der Waals surface area contributed by atoms with Crippen molar-refractivity contribution in [3.05, 3.63) is 65.7 Å². The molecule has 2 aromatic carbocycles. The quantitative estimate of drug-likeness (QED) is 0.524. The van der Waals surface area contributed by atoms with E-state index < -0.39 is 6.10 Å². The number of nitrogens with zero attached hydrogens (tertiary/aromatic N) is 4. The molecule has 4 rings (SSSR count). The van der Waals surface area contributed by atoms with Crippen molar-refractivity contribution in [2.24, 2.45) is 0 Å². The highest BCUT2D eigenvalue weighted by atomic mass is 16.5. The molecular weight excluding hydrogens is 428 g/mol. The molecule has 0 N–H and O–H groups in total. The smallest absolute Gasteiger partial charge is 0.263 e. The number of aryl methyl sites for hydroxylation is 2. The summed E-state index contributed by atoms with van der Waals surface area (Å²) in [6.45, 7) is 11.2. The van der Waals surface area contributed by atoms with Gasteiger partial charge >= 0.3 is 0 Å². The normalized spacial score (nSPS) is 14.6. The first-order valence-corrected chi connectivity index (χ1v) is 11.8. The standard InChI is InChI=1S/C27H32N4O3/c1-5-33-23-7-6-8-24(18-23)34-21(4)27(32)31-15-13-30(14-16-31)26-12-11-25(28-29-26)22-10-9-19(2)20(3)17-22/h6-12,17-18,21H,5,13-16H2,1-4H3. The Morgan fingerprint density at radius 3 is 2.38 bits per heavy atom. The third-order valence-corrected chi connectivity index (χ3v) is 6.15. The van der Waals surface area contributed by atoms with E-state index in [4.69, 9.17) is 9.47 Å². The Morgan fingerprint density at radius 1 is 0.941 bits per heavy atom. The van der Waals surface area contributed by atoms with Crippen molar-refractivity contribution >= 4 is 11.7 Å². The molecule has 3 aromatic rings. The summed E-state index contributed by atoms with van der Waals surface area (Å²) in [7, 11) is 0. The fourth-order valence-electron chi connectivity index (χ4n) is 4.02. The first kappa shape index (κ1) is 23.5. The Labute approximate surface area is 201 Å². The second-order valence-electron chi connectivity index (χ2n) is 8.56. The number of anilines is 1. The summed E-state index contributed by atoms with van der Waals surface area (Å²) in [5, 5.41) is 8.89. The molecule has 0 saturated carbocycles. The van der Waals surface area contributed by atoms with E-state index in [0.717, 1.165) is 22.8 Å². The van der Waals surface area contributed by atoms with Crippen molar-refractivity contribution in [1.29, 1.82) is 0 Å². The number of benzene rings is 2. The van der Waals surface area contributed by atoms with Gasteiger partial charge in [-0.05, 0) is 69.2 Å². The molecule has 1 saturated heterocycles. The van der Waals surface area contributed by atoms with Crippen LogP contribution in [0.2, 0.25) is 0 Å². The van der Waals surface area contributed by atoms with Crippen LogP contribution in [0.4, 0.5) is 5.82 Å². The first-order chi connectivity index (χ1) is 16.4. The van der Waals surface area contributed by atoms with Gasteiger partial charge in [0.25, 0.3) is 5.91 Å². The van der Waals surface area contributed by atoms with E-state index in [2.05, 4.69) is 47.1 Å².